The van der Waals surface area contributed by atoms with Crippen LogP contribution in [0.5, 0.6) is 0 Å². The molecule has 1 heterocycles. The van der Waals surface area contributed by atoms with E-state index in [1.807, 2.05) is 12.3 Å². The second-order valence-corrected chi connectivity index (χ2v) is 7.75. The van der Waals surface area contributed by atoms with E-state index in [1.165, 1.54) is 19.3 Å². The fourth-order valence-electron chi connectivity index (χ4n) is 4.03. The van der Waals surface area contributed by atoms with E-state index in [0.29, 0.717) is 22.9 Å². The van der Waals surface area contributed by atoms with Gasteiger partial charge in [-0.15, -0.1) is 0 Å². The Hall–Kier alpha value is -0.890. The molecule has 1 aromatic heterocycles. The van der Waals surface area contributed by atoms with Gasteiger partial charge in [-0.1, -0.05) is 33.8 Å². The van der Waals surface area contributed by atoms with Crippen molar-refractivity contribution in [2.24, 2.45) is 10.8 Å². The van der Waals surface area contributed by atoms with Crippen molar-refractivity contribution in [1.82, 2.24) is 10.3 Å². The lowest BCUT2D eigenvalue weighted by Crippen LogP contribution is -2.44. The van der Waals surface area contributed by atoms with Crippen molar-refractivity contribution < 1.29 is 0 Å². The van der Waals surface area contributed by atoms with Gasteiger partial charge >= 0.3 is 0 Å². The summed E-state index contributed by atoms with van der Waals surface area (Å²) in [6.45, 7) is 11.8. The molecule has 1 atom stereocenters. The van der Waals surface area contributed by atoms with Gasteiger partial charge in [0.1, 0.15) is 0 Å². The molecular weight excluding hydrogens is 232 g/mol. The molecule has 0 bridgehead atoms. The zero-order chi connectivity index (χ0) is 14.1. The summed E-state index contributed by atoms with van der Waals surface area (Å²) in [5.41, 5.74) is 2.01. The Kier molecular flexibility index (Phi) is 4.00. The highest BCUT2D eigenvalue weighted by Crippen LogP contribution is 2.46. The number of hydrogen-bond donors (Lipinski definition) is 1. The Morgan fingerprint density at radius 3 is 2.32 bits per heavy atom. The van der Waals surface area contributed by atoms with E-state index in [-0.39, 0.29) is 0 Å². The Bertz CT molecular complexity index is 393. The minimum atomic E-state index is 0.330. The number of hydrogen-bond acceptors (Lipinski definition) is 2. The van der Waals surface area contributed by atoms with Gasteiger partial charge in [-0.2, -0.15) is 0 Å². The lowest BCUT2D eigenvalue weighted by atomic mass is 9.63. The van der Waals surface area contributed by atoms with Gasteiger partial charge in [-0.3, -0.25) is 4.98 Å². The van der Waals surface area contributed by atoms with Crippen molar-refractivity contribution in [3.63, 3.8) is 0 Å². The van der Waals surface area contributed by atoms with Crippen LogP contribution >= 0.6 is 0 Å². The second-order valence-electron chi connectivity index (χ2n) is 7.75. The fourth-order valence-corrected chi connectivity index (χ4v) is 4.03. The van der Waals surface area contributed by atoms with Crippen LogP contribution in [0.15, 0.2) is 24.4 Å². The van der Waals surface area contributed by atoms with Crippen LogP contribution in [0.3, 0.4) is 0 Å². The molecule has 2 heteroatoms. The third-order valence-corrected chi connectivity index (χ3v) is 4.17. The molecule has 0 aromatic carbocycles. The first kappa shape index (κ1) is 14.5. The van der Waals surface area contributed by atoms with Gasteiger partial charge in [0.25, 0.3) is 0 Å². The zero-order valence-electron chi connectivity index (χ0n) is 13.0. The number of aromatic nitrogens is 1. The van der Waals surface area contributed by atoms with Crippen LogP contribution in [0.25, 0.3) is 0 Å². The molecule has 0 unspecified atom stereocenters. The zero-order valence-corrected chi connectivity index (χ0v) is 13.0. The Labute approximate surface area is 118 Å². The van der Waals surface area contributed by atoms with Crippen LogP contribution in [0.1, 0.15) is 65.6 Å². The normalized spacial score (nSPS) is 24.1. The number of pyridine rings is 1. The Morgan fingerprint density at radius 2 is 1.79 bits per heavy atom. The topological polar surface area (TPSA) is 24.9 Å². The van der Waals surface area contributed by atoms with E-state index in [0.717, 1.165) is 5.69 Å². The van der Waals surface area contributed by atoms with Gasteiger partial charge in [0.2, 0.25) is 0 Å². The molecule has 0 amide bonds. The molecule has 0 saturated heterocycles. The second kappa shape index (κ2) is 5.24. The van der Waals surface area contributed by atoms with E-state index in [4.69, 9.17) is 0 Å². The molecule has 0 radical (unpaired) electrons. The molecule has 106 valence electrons. The summed E-state index contributed by atoms with van der Waals surface area (Å²) in [5.74, 6) is 0. The summed E-state index contributed by atoms with van der Waals surface area (Å²) in [7, 11) is 0. The third kappa shape index (κ3) is 4.04. The van der Waals surface area contributed by atoms with Gasteiger partial charge in [0.05, 0.1) is 5.69 Å². The average molecular weight is 260 g/mol. The van der Waals surface area contributed by atoms with E-state index in [1.54, 1.807) is 0 Å². The van der Waals surface area contributed by atoms with E-state index in [2.05, 4.69) is 57.1 Å². The minimum absolute atomic E-state index is 0.330. The number of nitrogens with one attached hydrogen (secondary N) is 1. The van der Waals surface area contributed by atoms with Crippen LogP contribution in [-0.2, 0) is 0 Å². The highest BCUT2D eigenvalue weighted by molar-refractivity contribution is 5.08. The standard InChI is InChI=1S/C17H28N2/c1-13(15-8-6-7-9-18-15)19-14-10-16(2,3)12-17(4,5)11-14/h6-9,13-14,19H,10-12H2,1-5H3/t13-/m0/s1. The van der Waals surface area contributed by atoms with Crippen molar-refractivity contribution >= 4 is 0 Å². The molecule has 1 aliphatic rings. The lowest BCUT2D eigenvalue weighted by molar-refractivity contribution is 0.0809. The molecule has 1 aromatic rings. The first-order chi connectivity index (χ1) is 8.77. The Balaban J connectivity index is 2.03. The quantitative estimate of drug-likeness (QED) is 0.874. The Morgan fingerprint density at radius 1 is 1.16 bits per heavy atom. The summed E-state index contributed by atoms with van der Waals surface area (Å²) in [6, 6.07) is 7.07. The maximum absolute atomic E-state index is 4.45. The largest absolute Gasteiger partial charge is 0.306 e. The van der Waals surface area contributed by atoms with Gasteiger partial charge in [0.15, 0.2) is 0 Å². The summed E-state index contributed by atoms with van der Waals surface area (Å²) in [6.07, 6.45) is 5.71. The average Bonchev–Trinajstić information content (AvgIpc) is 2.25. The van der Waals surface area contributed by atoms with Crippen molar-refractivity contribution in [2.45, 2.75) is 66.0 Å². The molecule has 2 rings (SSSR count). The van der Waals surface area contributed by atoms with Crippen molar-refractivity contribution in [3.8, 4) is 0 Å². The van der Waals surface area contributed by atoms with Crippen LogP contribution in [0, 0.1) is 10.8 Å². The van der Waals surface area contributed by atoms with Crippen molar-refractivity contribution in [3.05, 3.63) is 30.1 Å². The van der Waals surface area contributed by atoms with Crippen molar-refractivity contribution in [1.29, 1.82) is 0 Å². The van der Waals surface area contributed by atoms with Crippen molar-refractivity contribution in [2.75, 3.05) is 0 Å². The molecule has 0 spiro atoms. The maximum Gasteiger partial charge on any atom is 0.0570 e. The van der Waals surface area contributed by atoms with E-state index >= 15 is 0 Å². The van der Waals surface area contributed by atoms with E-state index < -0.39 is 0 Å². The van der Waals surface area contributed by atoms with Crippen LogP contribution in [0.4, 0.5) is 0 Å². The SMILES string of the molecule is C[C@H](NC1CC(C)(C)CC(C)(C)C1)c1ccccn1. The highest BCUT2D eigenvalue weighted by Gasteiger charge is 2.38. The maximum atomic E-state index is 4.45. The minimum Gasteiger partial charge on any atom is -0.306 e. The molecule has 1 aliphatic carbocycles. The van der Waals surface area contributed by atoms with E-state index in [9.17, 15) is 0 Å². The number of rotatable bonds is 3. The van der Waals surface area contributed by atoms with Crippen LogP contribution in [-0.4, -0.2) is 11.0 Å². The first-order valence-electron chi connectivity index (χ1n) is 7.44. The van der Waals surface area contributed by atoms with Crippen LogP contribution < -0.4 is 5.32 Å². The summed E-state index contributed by atoms with van der Waals surface area (Å²) in [4.78, 5) is 4.45. The molecule has 1 saturated carbocycles. The predicted octanol–water partition coefficient (Wildman–Crippen LogP) is 4.34. The molecule has 2 nitrogen and oxygen atoms in total. The highest BCUT2D eigenvalue weighted by atomic mass is 15.0. The third-order valence-electron chi connectivity index (χ3n) is 4.17. The first-order valence-corrected chi connectivity index (χ1v) is 7.44. The molecule has 19 heavy (non-hydrogen) atoms. The van der Waals surface area contributed by atoms with Crippen LogP contribution in [0.2, 0.25) is 0 Å². The summed E-state index contributed by atoms with van der Waals surface area (Å²) >= 11 is 0. The smallest absolute Gasteiger partial charge is 0.0570 e. The van der Waals surface area contributed by atoms with Gasteiger partial charge in [-0.05, 0) is 49.1 Å². The van der Waals surface area contributed by atoms with Gasteiger partial charge in [0, 0.05) is 18.3 Å². The summed E-state index contributed by atoms with van der Waals surface area (Å²) < 4.78 is 0. The molecule has 0 aliphatic heterocycles. The molecular formula is C17H28N2. The van der Waals surface area contributed by atoms with Gasteiger partial charge < -0.3 is 5.32 Å². The van der Waals surface area contributed by atoms with Gasteiger partial charge in [-0.25, -0.2) is 0 Å². The molecule has 1 fully saturated rings. The predicted molar refractivity (Wildman–Crippen MR) is 81.0 cm³/mol. The number of nitrogens with zero attached hydrogens (tertiary/aromatic N) is 1. The monoisotopic (exact) mass is 260 g/mol. The molecule has 1 N–H and O–H groups in total. The fraction of sp³-hybridized carbons (Fsp3) is 0.706. The lowest BCUT2D eigenvalue weighted by Gasteiger charge is -2.46. The summed E-state index contributed by atoms with van der Waals surface area (Å²) in [5, 5.41) is 3.78.